The summed E-state index contributed by atoms with van der Waals surface area (Å²) < 4.78 is 5.42. The third-order valence-electron chi connectivity index (χ3n) is 4.15. The molecule has 1 aromatic carbocycles. The van der Waals surface area contributed by atoms with Crippen LogP contribution in [0.4, 0.5) is 4.79 Å². The number of rotatable bonds is 3. The van der Waals surface area contributed by atoms with Crippen LogP contribution in [0.15, 0.2) is 30.6 Å². The molecule has 2 unspecified atom stereocenters. The van der Waals surface area contributed by atoms with Crippen molar-refractivity contribution in [3.8, 4) is 5.75 Å². The van der Waals surface area contributed by atoms with Gasteiger partial charge < -0.3 is 10.5 Å². The van der Waals surface area contributed by atoms with Crippen LogP contribution < -0.4 is 10.5 Å². The highest BCUT2D eigenvalue weighted by Gasteiger charge is 2.40. The molecule has 0 saturated carbocycles. The first kappa shape index (κ1) is 15.6. The van der Waals surface area contributed by atoms with Gasteiger partial charge in [0.05, 0.1) is 18.4 Å². The molecule has 1 aromatic heterocycles. The third-order valence-corrected chi connectivity index (χ3v) is 4.69. The maximum absolute atomic E-state index is 12.3. The lowest BCUT2D eigenvalue weighted by atomic mass is 9.95. The average Bonchev–Trinajstić information content (AvgIpc) is 2.94. The van der Waals surface area contributed by atoms with Crippen molar-refractivity contribution in [2.45, 2.75) is 11.8 Å². The zero-order valence-corrected chi connectivity index (χ0v) is 13.3. The number of nitrogens with zero attached hydrogens (tertiary/aromatic N) is 2. The van der Waals surface area contributed by atoms with Gasteiger partial charge in [-0.15, -0.1) is 11.6 Å². The summed E-state index contributed by atoms with van der Waals surface area (Å²) in [6, 6.07) is 4.88. The van der Waals surface area contributed by atoms with E-state index < -0.39 is 17.3 Å². The standard InChI is InChI=1S/C16H16ClN3O3/c1-23-13-7-9-2-4-19-8-10(9)6-12(13)14(17)11-3-5-20(15(11)21)16(18)22/h2,4,6-8,11,14H,3,5H2,1H3,(H2,18,22). The van der Waals surface area contributed by atoms with Crippen LogP contribution in [0, 0.1) is 5.92 Å². The molecule has 3 amide bonds. The van der Waals surface area contributed by atoms with E-state index in [0.717, 1.165) is 15.7 Å². The summed E-state index contributed by atoms with van der Waals surface area (Å²) in [7, 11) is 1.56. The maximum Gasteiger partial charge on any atom is 0.321 e. The second-order valence-electron chi connectivity index (χ2n) is 5.44. The van der Waals surface area contributed by atoms with E-state index in [1.54, 1.807) is 19.5 Å². The lowest BCUT2D eigenvalue weighted by molar-refractivity contribution is -0.128. The minimum atomic E-state index is -0.740. The number of carbonyl (C=O) groups is 2. The molecule has 3 rings (SSSR count). The van der Waals surface area contributed by atoms with Crippen molar-refractivity contribution in [3.63, 3.8) is 0 Å². The van der Waals surface area contributed by atoms with E-state index in [9.17, 15) is 9.59 Å². The van der Waals surface area contributed by atoms with Crippen LogP contribution in [-0.4, -0.2) is 35.5 Å². The minimum absolute atomic E-state index is 0.291. The Morgan fingerprint density at radius 2 is 2.26 bits per heavy atom. The molecule has 7 heteroatoms. The van der Waals surface area contributed by atoms with Gasteiger partial charge in [-0.3, -0.25) is 14.7 Å². The van der Waals surface area contributed by atoms with Gasteiger partial charge in [0.1, 0.15) is 5.75 Å². The largest absolute Gasteiger partial charge is 0.496 e. The number of primary amides is 1. The first-order valence-corrected chi connectivity index (χ1v) is 7.63. The van der Waals surface area contributed by atoms with Crippen LogP contribution in [0.5, 0.6) is 5.75 Å². The fourth-order valence-corrected chi connectivity index (χ4v) is 3.34. The second kappa shape index (κ2) is 6.04. The van der Waals surface area contributed by atoms with Gasteiger partial charge in [0.15, 0.2) is 0 Å². The zero-order chi connectivity index (χ0) is 16.6. The Morgan fingerprint density at radius 3 is 2.91 bits per heavy atom. The molecule has 0 aliphatic carbocycles. The molecule has 2 heterocycles. The van der Waals surface area contributed by atoms with Crippen LogP contribution in [-0.2, 0) is 4.79 Å². The van der Waals surface area contributed by atoms with Gasteiger partial charge in [0.25, 0.3) is 0 Å². The van der Waals surface area contributed by atoms with Crippen LogP contribution >= 0.6 is 11.6 Å². The Bertz CT molecular complexity index is 780. The highest BCUT2D eigenvalue weighted by atomic mass is 35.5. The van der Waals surface area contributed by atoms with Crippen LogP contribution in [0.25, 0.3) is 10.8 Å². The number of amides is 3. The summed E-state index contributed by atoms with van der Waals surface area (Å²) in [6.45, 7) is 0.291. The number of aromatic nitrogens is 1. The lowest BCUT2D eigenvalue weighted by Gasteiger charge is -2.19. The summed E-state index contributed by atoms with van der Waals surface area (Å²) in [5.41, 5.74) is 5.92. The Hall–Kier alpha value is -2.34. The van der Waals surface area contributed by atoms with E-state index in [1.165, 1.54) is 0 Å². The van der Waals surface area contributed by atoms with E-state index in [1.807, 2.05) is 18.2 Å². The van der Waals surface area contributed by atoms with E-state index in [4.69, 9.17) is 22.1 Å². The number of hydrogen-bond donors (Lipinski definition) is 1. The van der Waals surface area contributed by atoms with Crippen molar-refractivity contribution in [3.05, 3.63) is 36.2 Å². The summed E-state index contributed by atoms with van der Waals surface area (Å²) >= 11 is 6.56. The van der Waals surface area contributed by atoms with Crippen LogP contribution in [0.1, 0.15) is 17.4 Å². The van der Waals surface area contributed by atoms with E-state index in [2.05, 4.69) is 4.98 Å². The van der Waals surface area contributed by atoms with Crippen molar-refractivity contribution in [1.82, 2.24) is 9.88 Å². The summed E-state index contributed by atoms with van der Waals surface area (Å²) in [5.74, 6) is -0.243. The molecule has 6 nitrogen and oxygen atoms in total. The molecule has 2 N–H and O–H groups in total. The number of likely N-dealkylation sites (tertiary alicyclic amines) is 1. The number of fused-ring (bicyclic) bond motifs is 1. The number of pyridine rings is 1. The molecule has 2 atom stereocenters. The molecular formula is C16H16ClN3O3. The Kier molecular flexibility index (Phi) is 4.09. The number of hydrogen-bond acceptors (Lipinski definition) is 4. The fourth-order valence-electron chi connectivity index (χ4n) is 2.93. The Labute approximate surface area is 138 Å². The molecule has 120 valence electrons. The highest BCUT2D eigenvalue weighted by Crippen LogP contribution is 2.41. The summed E-state index contributed by atoms with van der Waals surface area (Å²) in [5, 5.41) is 1.28. The number of carbonyl (C=O) groups excluding carboxylic acids is 2. The van der Waals surface area contributed by atoms with Gasteiger partial charge in [-0.2, -0.15) is 0 Å². The molecule has 1 fully saturated rings. The predicted molar refractivity (Wildman–Crippen MR) is 86.3 cm³/mol. The van der Waals surface area contributed by atoms with Crippen LogP contribution in [0.3, 0.4) is 0 Å². The van der Waals surface area contributed by atoms with E-state index in [-0.39, 0.29) is 5.91 Å². The molecule has 0 bridgehead atoms. The maximum atomic E-state index is 12.3. The number of urea groups is 1. The smallest absolute Gasteiger partial charge is 0.321 e. The zero-order valence-electron chi connectivity index (χ0n) is 12.5. The molecule has 0 radical (unpaired) electrons. The van der Waals surface area contributed by atoms with Gasteiger partial charge in [0.2, 0.25) is 5.91 Å². The quantitative estimate of drug-likeness (QED) is 0.874. The second-order valence-corrected chi connectivity index (χ2v) is 5.91. The van der Waals surface area contributed by atoms with Crippen molar-refractivity contribution in [2.75, 3.05) is 13.7 Å². The SMILES string of the molecule is COc1cc2ccncc2cc1C(Cl)C1CCN(C(N)=O)C1=O. The molecule has 1 aliphatic heterocycles. The monoisotopic (exact) mass is 333 g/mol. The topological polar surface area (TPSA) is 85.5 Å². The van der Waals surface area contributed by atoms with Gasteiger partial charge in [-0.25, -0.2) is 4.79 Å². The predicted octanol–water partition coefficient (Wildman–Crippen LogP) is 2.45. The first-order chi connectivity index (χ1) is 11.0. The molecule has 1 aliphatic rings. The van der Waals surface area contributed by atoms with Crippen molar-refractivity contribution in [1.29, 1.82) is 0 Å². The van der Waals surface area contributed by atoms with Crippen molar-refractivity contribution in [2.24, 2.45) is 11.7 Å². The van der Waals surface area contributed by atoms with Crippen LogP contribution in [0.2, 0.25) is 0 Å². The minimum Gasteiger partial charge on any atom is -0.496 e. The van der Waals surface area contributed by atoms with E-state index >= 15 is 0 Å². The number of methoxy groups -OCH3 is 1. The lowest BCUT2D eigenvalue weighted by Crippen LogP contribution is -2.38. The number of nitrogens with two attached hydrogens (primary N) is 1. The van der Waals surface area contributed by atoms with Gasteiger partial charge in [0, 0.05) is 29.9 Å². The number of ether oxygens (including phenoxy) is 1. The molecule has 1 saturated heterocycles. The molecule has 23 heavy (non-hydrogen) atoms. The van der Waals surface area contributed by atoms with Gasteiger partial charge in [-0.1, -0.05) is 0 Å². The Morgan fingerprint density at radius 1 is 1.48 bits per heavy atom. The number of benzene rings is 1. The molecular weight excluding hydrogens is 318 g/mol. The van der Waals surface area contributed by atoms with Crippen molar-refractivity contribution >= 4 is 34.3 Å². The third kappa shape index (κ3) is 2.70. The highest BCUT2D eigenvalue weighted by molar-refractivity contribution is 6.23. The van der Waals surface area contributed by atoms with Crippen molar-refractivity contribution < 1.29 is 14.3 Å². The average molecular weight is 334 g/mol. The Balaban J connectivity index is 1.99. The van der Waals surface area contributed by atoms with Gasteiger partial charge in [-0.05, 0) is 30.0 Å². The van der Waals surface area contributed by atoms with Gasteiger partial charge >= 0.3 is 6.03 Å². The number of halogens is 1. The fraction of sp³-hybridized carbons (Fsp3) is 0.312. The summed E-state index contributed by atoms with van der Waals surface area (Å²) in [4.78, 5) is 28.7. The first-order valence-electron chi connectivity index (χ1n) is 7.19. The normalized spacial score (nSPS) is 19.1. The molecule has 2 aromatic rings. The number of imide groups is 1. The van der Waals surface area contributed by atoms with E-state index in [0.29, 0.717) is 24.3 Å². The number of alkyl halides is 1. The molecule has 0 spiro atoms. The summed E-state index contributed by atoms with van der Waals surface area (Å²) in [6.07, 6.45) is 3.91.